The summed E-state index contributed by atoms with van der Waals surface area (Å²) in [4.78, 5) is 4.87. The standard InChI is InChI=1S/C26H26N2O/c1-15(2)18-7-6-8-19(16(3)4)24(18)23-14-27-26-20-11-12-29-25(20)21-13-17(5)9-10-22(21)28(23)26/h6-16H,1-5H3. The largest absolute Gasteiger partial charge is 0.463 e. The first kappa shape index (κ1) is 18.0. The monoisotopic (exact) mass is 382 g/mol. The maximum atomic E-state index is 5.88. The van der Waals surface area contributed by atoms with Crippen molar-refractivity contribution >= 4 is 27.5 Å². The topological polar surface area (TPSA) is 30.4 Å². The lowest BCUT2D eigenvalue weighted by atomic mass is 9.87. The highest BCUT2D eigenvalue weighted by atomic mass is 16.3. The molecule has 0 aliphatic heterocycles. The summed E-state index contributed by atoms with van der Waals surface area (Å²) < 4.78 is 8.20. The van der Waals surface area contributed by atoms with Gasteiger partial charge in [0.25, 0.3) is 0 Å². The quantitative estimate of drug-likeness (QED) is 0.324. The van der Waals surface area contributed by atoms with Crippen molar-refractivity contribution in [1.29, 1.82) is 0 Å². The Bertz CT molecular complexity index is 1340. The SMILES string of the molecule is Cc1ccc2c(c1)c1occc1c1ncc(-c3c(C(C)C)cccc3C(C)C)n21. The summed E-state index contributed by atoms with van der Waals surface area (Å²) in [5.41, 5.74) is 9.43. The summed E-state index contributed by atoms with van der Waals surface area (Å²) in [6.07, 6.45) is 3.80. The second kappa shape index (κ2) is 6.48. The van der Waals surface area contributed by atoms with Crippen molar-refractivity contribution in [2.45, 2.75) is 46.5 Å². The Morgan fingerprint density at radius 2 is 1.62 bits per heavy atom. The van der Waals surface area contributed by atoms with E-state index < -0.39 is 0 Å². The van der Waals surface area contributed by atoms with Crippen LogP contribution in [0.4, 0.5) is 0 Å². The molecule has 0 bridgehead atoms. The molecule has 0 saturated heterocycles. The molecule has 0 spiro atoms. The number of hydrogen-bond donors (Lipinski definition) is 0. The van der Waals surface area contributed by atoms with Crippen LogP contribution >= 0.6 is 0 Å². The van der Waals surface area contributed by atoms with Gasteiger partial charge < -0.3 is 4.42 Å². The third kappa shape index (κ3) is 2.61. The zero-order valence-electron chi connectivity index (χ0n) is 17.7. The van der Waals surface area contributed by atoms with Gasteiger partial charge >= 0.3 is 0 Å². The molecule has 0 atom stereocenters. The van der Waals surface area contributed by atoms with Gasteiger partial charge in [-0.2, -0.15) is 0 Å². The van der Waals surface area contributed by atoms with E-state index in [4.69, 9.17) is 9.40 Å². The molecular weight excluding hydrogens is 356 g/mol. The first-order valence-corrected chi connectivity index (χ1v) is 10.4. The van der Waals surface area contributed by atoms with E-state index in [9.17, 15) is 0 Å². The molecule has 3 heterocycles. The Hall–Kier alpha value is -3.07. The van der Waals surface area contributed by atoms with Crippen LogP contribution in [0.5, 0.6) is 0 Å². The minimum absolute atomic E-state index is 0.431. The molecule has 29 heavy (non-hydrogen) atoms. The van der Waals surface area contributed by atoms with Crippen LogP contribution in [-0.4, -0.2) is 9.38 Å². The number of benzene rings is 2. The molecule has 3 nitrogen and oxygen atoms in total. The molecule has 0 radical (unpaired) electrons. The second-order valence-electron chi connectivity index (χ2n) is 8.61. The third-order valence-electron chi connectivity index (χ3n) is 5.93. The van der Waals surface area contributed by atoms with Crippen molar-refractivity contribution < 1.29 is 4.42 Å². The second-order valence-corrected chi connectivity index (χ2v) is 8.61. The smallest absolute Gasteiger partial charge is 0.148 e. The Morgan fingerprint density at radius 1 is 0.897 bits per heavy atom. The first-order valence-electron chi connectivity index (χ1n) is 10.4. The predicted octanol–water partition coefficient (Wildman–Crippen LogP) is 7.46. The maximum Gasteiger partial charge on any atom is 0.148 e. The van der Waals surface area contributed by atoms with Crippen molar-refractivity contribution in [1.82, 2.24) is 9.38 Å². The minimum atomic E-state index is 0.431. The van der Waals surface area contributed by atoms with E-state index >= 15 is 0 Å². The van der Waals surface area contributed by atoms with Crippen LogP contribution in [0.3, 0.4) is 0 Å². The van der Waals surface area contributed by atoms with Crippen molar-refractivity contribution in [3.63, 3.8) is 0 Å². The van der Waals surface area contributed by atoms with Crippen LogP contribution in [0.25, 0.3) is 38.8 Å². The molecule has 2 aromatic carbocycles. The molecule has 0 N–H and O–H groups in total. The van der Waals surface area contributed by atoms with Crippen LogP contribution in [0.2, 0.25) is 0 Å². The highest BCUT2D eigenvalue weighted by molar-refractivity contribution is 6.09. The maximum absolute atomic E-state index is 5.88. The number of pyridine rings is 1. The number of aryl methyl sites for hydroxylation is 1. The number of hydrogen-bond acceptors (Lipinski definition) is 2. The average Bonchev–Trinajstić information content (AvgIpc) is 3.34. The van der Waals surface area contributed by atoms with Gasteiger partial charge in [0.2, 0.25) is 0 Å². The first-order chi connectivity index (χ1) is 14.0. The molecule has 0 aliphatic rings. The number of imidazole rings is 1. The summed E-state index contributed by atoms with van der Waals surface area (Å²) in [5.74, 6) is 0.862. The fourth-order valence-electron chi connectivity index (χ4n) is 4.53. The van der Waals surface area contributed by atoms with E-state index in [1.807, 2.05) is 12.3 Å². The van der Waals surface area contributed by atoms with Crippen LogP contribution in [0, 0.1) is 6.92 Å². The van der Waals surface area contributed by atoms with E-state index in [0.717, 1.165) is 33.2 Å². The molecular formula is C26H26N2O. The molecule has 0 fully saturated rings. The zero-order chi connectivity index (χ0) is 20.3. The number of aromatic nitrogens is 2. The summed E-state index contributed by atoms with van der Waals surface area (Å²) >= 11 is 0. The van der Waals surface area contributed by atoms with Gasteiger partial charge in [-0.15, -0.1) is 0 Å². The van der Waals surface area contributed by atoms with Gasteiger partial charge in [-0.3, -0.25) is 4.40 Å². The van der Waals surface area contributed by atoms with Crippen LogP contribution in [0.1, 0.15) is 56.2 Å². The molecule has 3 heteroatoms. The van der Waals surface area contributed by atoms with Crippen LogP contribution in [0.15, 0.2) is 59.3 Å². The van der Waals surface area contributed by atoms with Crippen LogP contribution < -0.4 is 0 Å². The Morgan fingerprint density at radius 3 is 2.31 bits per heavy atom. The van der Waals surface area contributed by atoms with Gasteiger partial charge in [-0.25, -0.2) is 4.98 Å². The fraction of sp³-hybridized carbons (Fsp3) is 0.269. The summed E-state index contributed by atoms with van der Waals surface area (Å²) in [7, 11) is 0. The number of rotatable bonds is 3. The van der Waals surface area contributed by atoms with Crippen LogP contribution in [-0.2, 0) is 0 Å². The Labute approximate surface area is 171 Å². The van der Waals surface area contributed by atoms with E-state index in [0.29, 0.717) is 11.8 Å². The van der Waals surface area contributed by atoms with E-state index in [1.54, 1.807) is 6.26 Å². The summed E-state index contributed by atoms with van der Waals surface area (Å²) in [6, 6.07) is 15.3. The molecule has 0 saturated carbocycles. The normalized spacial score (nSPS) is 12.2. The molecule has 146 valence electrons. The summed E-state index contributed by atoms with van der Waals surface area (Å²) in [5, 5.41) is 2.19. The van der Waals surface area contributed by atoms with E-state index in [2.05, 4.69) is 75.4 Å². The molecule has 5 rings (SSSR count). The summed E-state index contributed by atoms with van der Waals surface area (Å²) in [6.45, 7) is 11.2. The third-order valence-corrected chi connectivity index (χ3v) is 5.93. The average molecular weight is 383 g/mol. The number of fused-ring (bicyclic) bond motifs is 6. The molecule has 3 aromatic heterocycles. The van der Waals surface area contributed by atoms with Crippen molar-refractivity contribution in [2.24, 2.45) is 0 Å². The molecule has 5 aromatic rings. The number of furan rings is 1. The van der Waals surface area contributed by atoms with Gasteiger partial charge in [-0.05, 0) is 48.1 Å². The highest BCUT2D eigenvalue weighted by Gasteiger charge is 2.21. The Balaban J connectivity index is 2.00. The van der Waals surface area contributed by atoms with Gasteiger partial charge in [0.05, 0.1) is 29.1 Å². The lowest BCUT2D eigenvalue weighted by molar-refractivity contribution is 0.619. The van der Waals surface area contributed by atoms with E-state index in [-0.39, 0.29) is 0 Å². The Kier molecular flexibility index (Phi) is 4.02. The molecule has 0 aliphatic carbocycles. The minimum Gasteiger partial charge on any atom is -0.463 e. The zero-order valence-corrected chi connectivity index (χ0v) is 17.7. The fourth-order valence-corrected chi connectivity index (χ4v) is 4.53. The van der Waals surface area contributed by atoms with E-state index in [1.165, 1.54) is 22.3 Å². The number of nitrogens with zero attached hydrogens (tertiary/aromatic N) is 2. The predicted molar refractivity (Wildman–Crippen MR) is 121 cm³/mol. The van der Waals surface area contributed by atoms with Crippen molar-refractivity contribution in [3.05, 3.63) is 71.6 Å². The van der Waals surface area contributed by atoms with Gasteiger partial charge in [-0.1, -0.05) is 57.5 Å². The van der Waals surface area contributed by atoms with Gasteiger partial charge in [0.1, 0.15) is 11.2 Å². The highest BCUT2D eigenvalue weighted by Crippen LogP contribution is 2.39. The van der Waals surface area contributed by atoms with Crippen molar-refractivity contribution in [3.8, 4) is 11.3 Å². The van der Waals surface area contributed by atoms with Gasteiger partial charge in [0.15, 0.2) is 0 Å². The van der Waals surface area contributed by atoms with Crippen molar-refractivity contribution in [2.75, 3.05) is 0 Å². The lowest BCUT2D eigenvalue weighted by Gasteiger charge is -2.20. The molecule has 0 unspecified atom stereocenters. The van der Waals surface area contributed by atoms with Gasteiger partial charge in [0, 0.05) is 10.9 Å². The lowest BCUT2D eigenvalue weighted by Crippen LogP contribution is -2.02. The molecule has 0 amide bonds.